The van der Waals surface area contributed by atoms with Crippen LogP contribution in [0.4, 0.5) is 0 Å². The zero-order valence-corrected chi connectivity index (χ0v) is 11.5. The molecule has 1 aromatic carbocycles. The van der Waals surface area contributed by atoms with Gasteiger partial charge in [0.1, 0.15) is 5.82 Å². The quantitative estimate of drug-likeness (QED) is 0.919. The van der Waals surface area contributed by atoms with Crippen molar-refractivity contribution in [3.63, 3.8) is 0 Å². The summed E-state index contributed by atoms with van der Waals surface area (Å²) >= 11 is 6.34. The van der Waals surface area contributed by atoms with Gasteiger partial charge in [0, 0.05) is 6.04 Å². The number of nitrogens with two attached hydrogens (primary N) is 1. The number of hydrogen-bond acceptors (Lipinski definition) is 2. The van der Waals surface area contributed by atoms with Gasteiger partial charge in [-0.05, 0) is 38.3 Å². The van der Waals surface area contributed by atoms with Crippen LogP contribution in [0, 0.1) is 0 Å². The lowest BCUT2D eigenvalue weighted by Gasteiger charge is -2.23. The van der Waals surface area contributed by atoms with E-state index in [1.807, 2.05) is 25.1 Å². The fourth-order valence-electron chi connectivity index (χ4n) is 2.36. The Morgan fingerprint density at radius 1 is 1.50 bits per heavy atom. The van der Waals surface area contributed by atoms with Crippen LogP contribution >= 0.6 is 11.6 Å². The average Bonchev–Trinajstić information content (AvgIpc) is 3.09. The molecule has 0 saturated heterocycles. The Labute approximate surface area is 112 Å². The fraction of sp³-hybridized carbons (Fsp3) is 0.500. The highest BCUT2D eigenvalue weighted by Crippen LogP contribution is 2.42. The van der Waals surface area contributed by atoms with E-state index in [1.54, 1.807) is 0 Å². The van der Waals surface area contributed by atoms with E-state index in [0.717, 1.165) is 28.3 Å². The Hall–Kier alpha value is -1.06. The minimum atomic E-state index is -0.398. The van der Waals surface area contributed by atoms with E-state index in [-0.39, 0.29) is 0 Å². The topological polar surface area (TPSA) is 43.8 Å². The fourth-order valence-corrected chi connectivity index (χ4v) is 2.62. The molecule has 1 unspecified atom stereocenters. The van der Waals surface area contributed by atoms with E-state index in [4.69, 9.17) is 22.3 Å². The van der Waals surface area contributed by atoms with Crippen molar-refractivity contribution < 1.29 is 0 Å². The van der Waals surface area contributed by atoms with Crippen molar-refractivity contribution >= 4 is 22.6 Å². The molecule has 0 radical (unpaired) electrons. The summed E-state index contributed by atoms with van der Waals surface area (Å²) in [6, 6.07) is 6.40. The second-order valence-corrected chi connectivity index (χ2v) is 5.82. The van der Waals surface area contributed by atoms with Crippen molar-refractivity contribution in [1.82, 2.24) is 9.55 Å². The largest absolute Gasteiger partial charge is 0.322 e. The maximum atomic E-state index is 6.39. The highest BCUT2D eigenvalue weighted by Gasteiger charge is 2.34. The molecule has 1 saturated carbocycles. The first kappa shape index (κ1) is 12.0. The number of hydrogen-bond donors (Lipinski definition) is 1. The van der Waals surface area contributed by atoms with Crippen LogP contribution in [0.5, 0.6) is 0 Å². The van der Waals surface area contributed by atoms with Gasteiger partial charge in [0.25, 0.3) is 0 Å². The van der Waals surface area contributed by atoms with Crippen LogP contribution in [0.2, 0.25) is 5.02 Å². The lowest BCUT2D eigenvalue weighted by atomic mass is 9.99. The predicted molar refractivity (Wildman–Crippen MR) is 74.8 cm³/mol. The molecule has 0 spiro atoms. The molecule has 1 aromatic heterocycles. The van der Waals surface area contributed by atoms with Gasteiger partial charge < -0.3 is 10.3 Å². The molecule has 0 aliphatic heterocycles. The third-order valence-electron chi connectivity index (χ3n) is 3.82. The van der Waals surface area contributed by atoms with Crippen molar-refractivity contribution in [3.8, 4) is 0 Å². The Morgan fingerprint density at radius 2 is 2.22 bits per heavy atom. The molecule has 2 aromatic rings. The van der Waals surface area contributed by atoms with Crippen LogP contribution in [0.1, 0.15) is 45.0 Å². The van der Waals surface area contributed by atoms with Crippen molar-refractivity contribution in [2.45, 2.75) is 44.7 Å². The van der Waals surface area contributed by atoms with Gasteiger partial charge >= 0.3 is 0 Å². The molecule has 1 aliphatic carbocycles. The summed E-state index contributed by atoms with van der Waals surface area (Å²) in [7, 11) is 0. The van der Waals surface area contributed by atoms with E-state index in [1.165, 1.54) is 12.8 Å². The molecular weight excluding hydrogens is 246 g/mol. The molecule has 2 N–H and O–H groups in total. The second kappa shape index (κ2) is 3.97. The van der Waals surface area contributed by atoms with Crippen LogP contribution in [-0.4, -0.2) is 9.55 Å². The summed E-state index contributed by atoms with van der Waals surface area (Å²) in [5, 5.41) is 0.769. The van der Waals surface area contributed by atoms with E-state index in [2.05, 4.69) is 11.5 Å². The Morgan fingerprint density at radius 3 is 2.83 bits per heavy atom. The van der Waals surface area contributed by atoms with Gasteiger partial charge in [0.15, 0.2) is 0 Å². The Bertz CT molecular complexity index is 596. The first-order chi connectivity index (χ1) is 8.54. The SMILES string of the molecule is CCC(C)(N)c1nc2cccc(Cl)c2n1C1CC1. The van der Waals surface area contributed by atoms with Gasteiger partial charge in [-0.25, -0.2) is 4.98 Å². The Kier molecular flexibility index (Phi) is 2.65. The first-order valence-electron chi connectivity index (χ1n) is 6.50. The summed E-state index contributed by atoms with van der Waals surface area (Å²) in [5.41, 5.74) is 7.99. The number of para-hydroxylation sites is 1. The Balaban J connectivity index is 2.32. The zero-order valence-electron chi connectivity index (χ0n) is 10.8. The summed E-state index contributed by atoms with van der Waals surface area (Å²) < 4.78 is 2.27. The van der Waals surface area contributed by atoms with Crippen LogP contribution in [0.15, 0.2) is 18.2 Å². The van der Waals surface area contributed by atoms with Crippen molar-refractivity contribution in [1.29, 1.82) is 0 Å². The van der Waals surface area contributed by atoms with Crippen molar-refractivity contribution in [2.75, 3.05) is 0 Å². The minimum absolute atomic E-state index is 0.398. The molecule has 3 nitrogen and oxygen atoms in total. The van der Waals surface area contributed by atoms with Gasteiger partial charge in [0.2, 0.25) is 0 Å². The zero-order chi connectivity index (χ0) is 12.9. The highest BCUT2D eigenvalue weighted by atomic mass is 35.5. The number of imidazole rings is 1. The van der Waals surface area contributed by atoms with Gasteiger partial charge in [-0.3, -0.25) is 0 Å². The maximum Gasteiger partial charge on any atom is 0.130 e. The van der Waals surface area contributed by atoms with E-state index >= 15 is 0 Å². The van der Waals surface area contributed by atoms with Crippen molar-refractivity contribution in [2.24, 2.45) is 5.73 Å². The molecule has 0 bridgehead atoms. The molecule has 1 aliphatic rings. The third-order valence-corrected chi connectivity index (χ3v) is 4.12. The molecule has 96 valence electrons. The predicted octanol–water partition coefficient (Wildman–Crippen LogP) is 3.61. The number of halogens is 1. The van der Waals surface area contributed by atoms with Crippen LogP contribution in [0.25, 0.3) is 11.0 Å². The number of benzene rings is 1. The maximum absolute atomic E-state index is 6.39. The molecule has 18 heavy (non-hydrogen) atoms. The molecule has 4 heteroatoms. The average molecular weight is 264 g/mol. The lowest BCUT2D eigenvalue weighted by Crippen LogP contribution is -2.35. The van der Waals surface area contributed by atoms with Crippen LogP contribution < -0.4 is 5.73 Å². The highest BCUT2D eigenvalue weighted by molar-refractivity contribution is 6.35. The summed E-state index contributed by atoms with van der Waals surface area (Å²) in [6.07, 6.45) is 3.26. The standard InChI is InChI=1S/C14H18ClN3/c1-3-14(2,16)13-17-11-6-4-5-10(15)12(11)18(13)9-7-8-9/h4-6,9H,3,7-8,16H2,1-2H3. The first-order valence-corrected chi connectivity index (χ1v) is 6.88. The lowest BCUT2D eigenvalue weighted by molar-refractivity contribution is 0.424. The number of nitrogens with zero attached hydrogens (tertiary/aromatic N) is 2. The van der Waals surface area contributed by atoms with Gasteiger partial charge in [0.05, 0.1) is 21.6 Å². The molecular formula is C14H18ClN3. The van der Waals surface area contributed by atoms with Crippen LogP contribution in [-0.2, 0) is 5.54 Å². The molecule has 3 rings (SSSR count). The number of aromatic nitrogens is 2. The van der Waals surface area contributed by atoms with Crippen molar-refractivity contribution in [3.05, 3.63) is 29.0 Å². The summed E-state index contributed by atoms with van der Waals surface area (Å²) in [4.78, 5) is 4.73. The smallest absolute Gasteiger partial charge is 0.130 e. The van der Waals surface area contributed by atoms with Gasteiger partial charge in [-0.2, -0.15) is 0 Å². The normalized spacial score (nSPS) is 19.1. The number of fused-ring (bicyclic) bond motifs is 1. The monoisotopic (exact) mass is 263 g/mol. The van der Waals surface area contributed by atoms with E-state index < -0.39 is 5.54 Å². The molecule has 1 atom stereocenters. The minimum Gasteiger partial charge on any atom is -0.322 e. The molecule has 1 heterocycles. The van der Waals surface area contributed by atoms with Crippen LogP contribution in [0.3, 0.4) is 0 Å². The third kappa shape index (κ3) is 1.73. The van der Waals surface area contributed by atoms with E-state index in [0.29, 0.717) is 6.04 Å². The van der Waals surface area contributed by atoms with E-state index in [9.17, 15) is 0 Å². The van der Waals surface area contributed by atoms with Gasteiger partial charge in [-0.15, -0.1) is 0 Å². The second-order valence-electron chi connectivity index (χ2n) is 5.42. The number of rotatable bonds is 3. The summed E-state index contributed by atoms with van der Waals surface area (Å²) in [5.74, 6) is 0.968. The molecule has 0 amide bonds. The summed E-state index contributed by atoms with van der Waals surface area (Å²) in [6.45, 7) is 4.14. The molecule has 1 fully saturated rings. The van der Waals surface area contributed by atoms with Gasteiger partial charge in [-0.1, -0.05) is 24.6 Å².